The van der Waals surface area contributed by atoms with E-state index in [9.17, 15) is 13.9 Å². The van der Waals surface area contributed by atoms with Crippen molar-refractivity contribution in [3.05, 3.63) is 59.7 Å². The summed E-state index contributed by atoms with van der Waals surface area (Å²) in [6, 6.07) is 2.70. The normalized spacial score (nSPS) is 19.3. The Kier molecular flexibility index (Phi) is 5.68. The molecular weight excluding hydrogens is 298 g/mol. The third-order valence-corrected chi connectivity index (χ3v) is 4.41. The topological polar surface area (TPSA) is 58.3 Å². The quantitative estimate of drug-likeness (QED) is 0.644. The number of hydrogen-bond donors (Lipinski definition) is 3. The lowest BCUT2D eigenvalue weighted by molar-refractivity contribution is 0.138. The fourth-order valence-electron chi connectivity index (χ4n) is 2.76. The second-order valence-electron chi connectivity index (χ2n) is 6.26. The number of nitrogens with one attached hydrogen (secondary N) is 1. The van der Waals surface area contributed by atoms with Crippen molar-refractivity contribution in [3.63, 3.8) is 0 Å². The molecule has 5 heteroatoms. The molecule has 1 saturated carbocycles. The first-order valence-corrected chi connectivity index (χ1v) is 7.80. The molecule has 23 heavy (non-hydrogen) atoms. The highest BCUT2D eigenvalue weighted by atomic mass is 19.1. The highest BCUT2D eigenvalue weighted by Crippen LogP contribution is 2.41. The number of nitrogens with two attached hydrogens (primary N) is 1. The molecule has 1 aliphatic carbocycles. The Balaban J connectivity index is 1.89. The van der Waals surface area contributed by atoms with Gasteiger partial charge in [-0.15, -0.1) is 0 Å². The molecule has 4 N–H and O–H groups in total. The molecule has 0 aliphatic heterocycles. The van der Waals surface area contributed by atoms with E-state index in [2.05, 4.69) is 11.9 Å². The highest BCUT2D eigenvalue weighted by molar-refractivity contribution is 5.29. The predicted octanol–water partition coefficient (Wildman–Crippen LogP) is 2.45. The molecule has 0 radical (unpaired) electrons. The zero-order valence-electron chi connectivity index (χ0n) is 13.4. The predicted molar refractivity (Wildman–Crippen MR) is 88.0 cm³/mol. The molecule has 0 saturated heterocycles. The van der Waals surface area contributed by atoms with Gasteiger partial charge in [-0.1, -0.05) is 24.3 Å². The molecule has 1 aromatic rings. The van der Waals surface area contributed by atoms with Gasteiger partial charge in [0.25, 0.3) is 0 Å². The van der Waals surface area contributed by atoms with Gasteiger partial charge in [-0.3, -0.25) is 0 Å². The summed E-state index contributed by atoms with van der Waals surface area (Å²) in [4.78, 5) is 0. The van der Waals surface area contributed by atoms with Gasteiger partial charge in [-0.2, -0.15) is 0 Å². The van der Waals surface area contributed by atoms with E-state index in [4.69, 9.17) is 5.73 Å². The Morgan fingerprint density at radius 2 is 2.00 bits per heavy atom. The molecular formula is C18H24F2N2O. The number of aliphatic hydroxyl groups is 1. The van der Waals surface area contributed by atoms with Crippen LogP contribution in [-0.4, -0.2) is 29.3 Å². The van der Waals surface area contributed by atoms with Crippen molar-refractivity contribution in [1.29, 1.82) is 0 Å². The minimum Gasteiger partial charge on any atom is -0.390 e. The van der Waals surface area contributed by atoms with Gasteiger partial charge in [0.05, 0.1) is 6.10 Å². The average Bonchev–Trinajstić information content (AvgIpc) is 3.25. The molecule has 2 rings (SSSR count). The van der Waals surface area contributed by atoms with Crippen LogP contribution in [0.25, 0.3) is 0 Å². The monoisotopic (exact) mass is 322 g/mol. The van der Waals surface area contributed by atoms with Gasteiger partial charge in [0.15, 0.2) is 0 Å². The van der Waals surface area contributed by atoms with Crippen LogP contribution in [0.15, 0.2) is 42.5 Å². The Bertz CT molecular complexity index is 576. The van der Waals surface area contributed by atoms with E-state index in [-0.39, 0.29) is 12.0 Å². The van der Waals surface area contributed by atoms with Gasteiger partial charge in [-0.25, -0.2) is 8.78 Å². The lowest BCUT2D eigenvalue weighted by atomic mass is 10.0. The third kappa shape index (κ3) is 4.70. The number of allylic oxidation sites excluding steroid dienone is 2. The van der Waals surface area contributed by atoms with Crippen LogP contribution in [0.2, 0.25) is 0 Å². The van der Waals surface area contributed by atoms with E-state index >= 15 is 0 Å². The highest BCUT2D eigenvalue weighted by Gasteiger charge is 2.43. The summed E-state index contributed by atoms with van der Waals surface area (Å²) in [5, 5.41) is 13.6. The first-order valence-electron chi connectivity index (χ1n) is 7.80. The number of benzene rings is 1. The molecule has 1 fully saturated rings. The Labute approximate surface area is 135 Å². The van der Waals surface area contributed by atoms with Crippen LogP contribution >= 0.6 is 0 Å². The smallest absolute Gasteiger partial charge is 0.126 e. The van der Waals surface area contributed by atoms with Crippen molar-refractivity contribution in [2.24, 2.45) is 5.73 Å². The summed E-state index contributed by atoms with van der Waals surface area (Å²) in [5.74, 6) is -1.27. The molecule has 0 bridgehead atoms. The van der Waals surface area contributed by atoms with Crippen molar-refractivity contribution in [2.75, 3.05) is 6.54 Å². The summed E-state index contributed by atoms with van der Waals surface area (Å²) >= 11 is 0. The second-order valence-corrected chi connectivity index (χ2v) is 6.26. The molecule has 1 aromatic carbocycles. The van der Waals surface area contributed by atoms with Crippen molar-refractivity contribution in [2.45, 2.75) is 43.9 Å². The van der Waals surface area contributed by atoms with Crippen LogP contribution in [0.5, 0.6) is 0 Å². The van der Waals surface area contributed by atoms with Crippen LogP contribution in [0, 0.1) is 11.6 Å². The zero-order valence-corrected chi connectivity index (χ0v) is 13.4. The van der Waals surface area contributed by atoms with Gasteiger partial charge < -0.3 is 16.2 Å². The molecule has 2 atom stereocenters. The standard InChI is InChI=1S/C18H24F2N2O/c1-3-4-12(2)18(5-6-18)22-11-17(23)16(21)9-13-7-14(19)10-15(20)8-13/h3-4,7-8,10,16-17,22-23H,1,5-6,9,11,21H2,2H3/b12-4+. The van der Waals surface area contributed by atoms with Gasteiger partial charge in [0.1, 0.15) is 11.6 Å². The van der Waals surface area contributed by atoms with Crippen molar-refractivity contribution in [3.8, 4) is 0 Å². The van der Waals surface area contributed by atoms with E-state index in [1.54, 1.807) is 6.08 Å². The Hall–Kier alpha value is -1.56. The SMILES string of the molecule is C=C/C=C(\C)C1(NCC(O)C(N)Cc2cc(F)cc(F)c2)CC1. The molecule has 3 nitrogen and oxygen atoms in total. The van der Waals surface area contributed by atoms with Gasteiger partial charge >= 0.3 is 0 Å². The maximum atomic E-state index is 13.2. The second kappa shape index (κ2) is 7.34. The van der Waals surface area contributed by atoms with E-state index in [1.807, 2.05) is 13.0 Å². The summed E-state index contributed by atoms with van der Waals surface area (Å²) in [5.41, 5.74) is 7.52. The lowest BCUT2D eigenvalue weighted by Gasteiger charge is -2.24. The van der Waals surface area contributed by atoms with Crippen molar-refractivity contribution >= 4 is 0 Å². The fraction of sp³-hybridized carbons (Fsp3) is 0.444. The van der Waals surface area contributed by atoms with Crippen molar-refractivity contribution in [1.82, 2.24) is 5.32 Å². The number of rotatable bonds is 8. The van der Waals surface area contributed by atoms with Crippen LogP contribution in [0.1, 0.15) is 25.3 Å². The number of β-amino-alcohol motifs (C(OH)–C–C–N with tert-alkyl or cyclic N) is 1. The first-order chi connectivity index (χ1) is 10.9. The largest absolute Gasteiger partial charge is 0.390 e. The van der Waals surface area contributed by atoms with E-state index in [0.29, 0.717) is 12.1 Å². The average molecular weight is 322 g/mol. The summed E-state index contributed by atoms with van der Waals surface area (Å²) in [6.07, 6.45) is 5.15. The molecule has 0 amide bonds. The van der Waals surface area contributed by atoms with Crippen molar-refractivity contribution < 1.29 is 13.9 Å². The Morgan fingerprint density at radius 1 is 1.39 bits per heavy atom. The van der Waals surface area contributed by atoms with E-state index in [0.717, 1.165) is 18.9 Å². The fourth-order valence-corrected chi connectivity index (χ4v) is 2.76. The zero-order chi connectivity index (χ0) is 17.0. The third-order valence-electron chi connectivity index (χ3n) is 4.41. The number of halogens is 2. The first kappa shape index (κ1) is 17.8. The van der Waals surface area contributed by atoms with Crippen LogP contribution in [-0.2, 0) is 6.42 Å². The molecule has 0 aromatic heterocycles. The molecule has 0 spiro atoms. The van der Waals surface area contributed by atoms with E-state index < -0.39 is 23.8 Å². The summed E-state index contributed by atoms with van der Waals surface area (Å²) in [6.45, 7) is 6.06. The summed E-state index contributed by atoms with van der Waals surface area (Å²) < 4.78 is 26.4. The van der Waals surface area contributed by atoms with Crippen LogP contribution in [0.4, 0.5) is 8.78 Å². The van der Waals surface area contributed by atoms with Gasteiger partial charge in [-0.05, 0) is 43.9 Å². The summed E-state index contributed by atoms with van der Waals surface area (Å²) in [7, 11) is 0. The number of aliphatic hydroxyl groups excluding tert-OH is 1. The minimum atomic E-state index is -0.796. The van der Waals surface area contributed by atoms with E-state index in [1.165, 1.54) is 17.7 Å². The lowest BCUT2D eigenvalue weighted by Crippen LogP contribution is -2.46. The molecule has 1 aliphatic rings. The molecule has 2 unspecified atom stereocenters. The Morgan fingerprint density at radius 3 is 2.52 bits per heavy atom. The van der Waals surface area contributed by atoms with Gasteiger partial charge in [0, 0.05) is 24.2 Å². The van der Waals surface area contributed by atoms with Gasteiger partial charge in [0.2, 0.25) is 0 Å². The molecule has 126 valence electrons. The maximum Gasteiger partial charge on any atom is 0.126 e. The minimum absolute atomic E-state index is 0.0696. The molecule has 0 heterocycles. The van der Waals surface area contributed by atoms with Crippen LogP contribution in [0.3, 0.4) is 0 Å². The number of hydrogen-bond acceptors (Lipinski definition) is 3. The maximum absolute atomic E-state index is 13.2. The van der Waals surface area contributed by atoms with Crippen LogP contribution < -0.4 is 11.1 Å².